The maximum atomic E-state index is 13.7. The molecule has 27 heavy (non-hydrogen) atoms. The molecule has 0 atom stereocenters. The van der Waals surface area contributed by atoms with E-state index in [1.54, 1.807) is 60.7 Å². The van der Waals surface area contributed by atoms with Crippen LogP contribution in [0.25, 0.3) is 6.08 Å². The van der Waals surface area contributed by atoms with Gasteiger partial charge >= 0.3 is 0 Å². The molecule has 2 aromatic carbocycles. The number of carbonyl (C=O) groups excluding carboxylic acids is 2. The summed E-state index contributed by atoms with van der Waals surface area (Å²) in [5.74, 6) is -1.00. The monoisotopic (exact) mass is 364 g/mol. The van der Waals surface area contributed by atoms with Crippen molar-refractivity contribution in [3.63, 3.8) is 0 Å². The number of rotatable bonds is 6. The summed E-state index contributed by atoms with van der Waals surface area (Å²) in [6.45, 7) is -0.0117. The second-order valence-corrected chi connectivity index (χ2v) is 5.67. The summed E-state index contributed by atoms with van der Waals surface area (Å²) < 4.78 is 18.9. The lowest BCUT2D eigenvalue weighted by molar-refractivity contribution is -0.117. The van der Waals surface area contributed by atoms with Crippen molar-refractivity contribution in [2.24, 2.45) is 0 Å². The van der Waals surface area contributed by atoms with Crippen LogP contribution in [0.2, 0.25) is 0 Å². The maximum Gasteiger partial charge on any atom is 0.268 e. The van der Waals surface area contributed by atoms with E-state index in [0.717, 1.165) is 0 Å². The fourth-order valence-electron chi connectivity index (χ4n) is 2.37. The summed E-state index contributed by atoms with van der Waals surface area (Å²) in [5.41, 5.74) is 0.748. The minimum Gasteiger partial charge on any atom is -0.465 e. The number of halogens is 1. The van der Waals surface area contributed by atoms with Gasteiger partial charge in [-0.25, -0.2) is 4.39 Å². The number of amides is 2. The topological polar surface area (TPSA) is 71.3 Å². The van der Waals surface area contributed by atoms with Crippen molar-refractivity contribution in [3.05, 3.63) is 101 Å². The van der Waals surface area contributed by atoms with Gasteiger partial charge in [-0.3, -0.25) is 9.59 Å². The standard InChI is InChI=1S/C21H17FN2O3/c22-18-11-5-4-9-16(18)14-23-21(26)19(13-17-10-6-12-27-17)24-20(25)15-7-2-1-3-8-15/h1-13H,14H2,(H,23,26)(H,24,25)/b19-13-. The van der Waals surface area contributed by atoms with Gasteiger partial charge in [-0.1, -0.05) is 36.4 Å². The molecule has 0 spiro atoms. The number of hydrogen-bond acceptors (Lipinski definition) is 3. The SMILES string of the molecule is O=C(NCc1ccccc1F)/C(=C/c1ccco1)NC(=O)c1ccccc1. The van der Waals surface area contributed by atoms with Gasteiger partial charge in [0.25, 0.3) is 11.8 Å². The van der Waals surface area contributed by atoms with Gasteiger partial charge in [-0.2, -0.15) is 0 Å². The van der Waals surface area contributed by atoms with E-state index >= 15 is 0 Å². The summed E-state index contributed by atoms with van der Waals surface area (Å²) in [6.07, 6.45) is 2.87. The third kappa shape index (κ3) is 4.92. The number of hydrogen-bond donors (Lipinski definition) is 2. The number of furan rings is 1. The first-order valence-corrected chi connectivity index (χ1v) is 8.26. The molecule has 0 saturated carbocycles. The lowest BCUT2D eigenvalue weighted by Gasteiger charge is -2.11. The van der Waals surface area contributed by atoms with Gasteiger partial charge < -0.3 is 15.1 Å². The quantitative estimate of drug-likeness (QED) is 0.658. The van der Waals surface area contributed by atoms with Crippen molar-refractivity contribution in [1.82, 2.24) is 10.6 Å². The van der Waals surface area contributed by atoms with Crippen LogP contribution in [0.15, 0.2) is 83.1 Å². The van der Waals surface area contributed by atoms with Crippen LogP contribution in [0.3, 0.4) is 0 Å². The molecule has 0 bridgehead atoms. The highest BCUT2D eigenvalue weighted by molar-refractivity contribution is 6.05. The van der Waals surface area contributed by atoms with E-state index in [9.17, 15) is 14.0 Å². The molecule has 0 aliphatic carbocycles. The Bertz CT molecular complexity index is 951. The molecular formula is C21H17FN2O3. The molecule has 2 N–H and O–H groups in total. The minimum atomic E-state index is -0.557. The van der Waals surface area contributed by atoms with Crippen molar-refractivity contribution >= 4 is 17.9 Å². The Balaban J connectivity index is 1.76. The van der Waals surface area contributed by atoms with E-state index in [1.165, 1.54) is 18.4 Å². The molecule has 0 unspecified atom stereocenters. The molecule has 5 nitrogen and oxygen atoms in total. The number of nitrogens with one attached hydrogen (secondary N) is 2. The van der Waals surface area contributed by atoms with E-state index in [4.69, 9.17) is 4.42 Å². The fourth-order valence-corrected chi connectivity index (χ4v) is 2.37. The van der Waals surface area contributed by atoms with Crippen molar-refractivity contribution in [2.75, 3.05) is 0 Å². The largest absolute Gasteiger partial charge is 0.465 e. The average molecular weight is 364 g/mol. The Labute approximate surface area is 155 Å². The Morgan fingerprint density at radius 2 is 1.70 bits per heavy atom. The first-order valence-electron chi connectivity index (χ1n) is 8.26. The number of carbonyl (C=O) groups is 2. The van der Waals surface area contributed by atoms with Gasteiger partial charge in [0, 0.05) is 23.7 Å². The first-order chi connectivity index (χ1) is 13.1. The summed E-state index contributed by atoms with van der Waals surface area (Å²) in [6, 6.07) is 18.0. The predicted molar refractivity (Wildman–Crippen MR) is 98.8 cm³/mol. The van der Waals surface area contributed by atoms with Crippen LogP contribution in [0.4, 0.5) is 4.39 Å². The second kappa shape index (κ2) is 8.62. The van der Waals surface area contributed by atoms with E-state index < -0.39 is 17.6 Å². The Hall–Kier alpha value is -3.67. The smallest absolute Gasteiger partial charge is 0.268 e. The first kappa shape index (κ1) is 18.1. The normalized spacial score (nSPS) is 11.1. The van der Waals surface area contributed by atoms with E-state index in [0.29, 0.717) is 16.9 Å². The van der Waals surface area contributed by atoms with Crippen molar-refractivity contribution in [2.45, 2.75) is 6.54 Å². The van der Waals surface area contributed by atoms with Gasteiger partial charge in [-0.15, -0.1) is 0 Å². The van der Waals surface area contributed by atoms with Crippen LogP contribution in [-0.4, -0.2) is 11.8 Å². The van der Waals surface area contributed by atoms with Gasteiger partial charge in [0.05, 0.1) is 6.26 Å². The summed E-state index contributed by atoms with van der Waals surface area (Å²) in [4.78, 5) is 25.0. The third-order valence-electron chi connectivity index (χ3n) is 3.76. The van der Waals surface area contributed by atoms with E-state index in [1.807, 2.05) is 0 Å². The third-order valence-corrected chi connectivity index (χ3v) is 3.76. The van der Waals surface area contributed by atoms with Gasteiger partial charge in [-0.05, 0) is 30.3 Å². The van der Waals surface area contributed by atoms with Crippen molar-refractivity contribution < 1.29 is 18.4 Å². The lowest BCUT2D eigenvalue weighted by Crippen LogP contribution is -2.34. The number of benzene rings is 2. The van der Waals surface area contributed by atoms with Crippen LogP contribution in [0, 0.1) is 5.82 Å². The van der Waals surface area contributed by atoms with Crippen LogP contribution in [0.5, 0.6) is 0 Å². The molecule has 3 rings (SSSR count). The molecular weight excluding hydrogens is 347 g/mol. The molecule has 6 heteroatoms. The molecule has 1 heterocycles. The molecule has 1 aromatic heterocycles. The zero-order chi connectivity index (χ0) is 19.1. The average Bonchev–Trinajstić information content (AvgIpc) is 3.20. The minimum absolute atomic E-state index is 0.00450. The predicted octanol–water partition coefficient (Wildman–Crippen LogP) is 3.51. The highest BCUT2D eigenvalue weighted by Crippen LogP contribution is 2.09. The second-order valence-electron chi connectivity index (χ2n) is 5.67. The van der Waals surface area contributed by atoms with E-state index in [2.05, 4.69) is 10.6 Å². The van der Waals surface area contributed by atoms with Crippen LogP contribution in [0.1, 0.15) is 21.7 Å². The molecule has 136 valence electrons. The highest BCUT2D eigenvalue weighted by Gasteiger charge is 2.15. The molecule has 0 fully saturated rings. The molecule has 3 aromatic rings. The molecule has 0 aliphatic heterocycles. The van der Waals surface area contributed by atoms with Gasteiger partial charge in [0.1, 0.15) is 17.3 Å². The zero-order valence-electron chi connectivity index (χ0n) is 14.3. The summed E-state index contributed by atoms with van der Waals surface area (Å²) in [7, 11) is 0. The van der Waals surface area contributed by atoms with Gasteiger partial charge in [0.2, 0.25) is 0 Å². The van der Waals surface area contributed by atoms with Gasteiger partial charge in [0.15, 0.2) is 0 Å². The van der Waals surface area contributed by atoms with Crippen LogP contribution in [-0.2, 0) is 11.3 Å². The van der Waals surface area contributed by atoms with Crippen molar-refractivity contribution in [3.8, 4) is 0 Å². The maximum absolute atomic E-state index is 13.7. The van der Waals surface area contributed by atoms with E-state index in [-0.39, 0.29) is 12.2 Å². The molecule has 2 amide bonds. The Morgan fingerprint density at radius 1 is 0.963 bits per heavy atom. The Morgan fingerprint density at radius 3 is 2.41 bits per heavy atom. The van der Waals surface area contributed by atoms with Crippen molar-refractivity contribution in [1.29, 1.82) is 0 Å². The molecule has 0 saturated heterocycles. The Kier molecular flexibility index (Phi) is 5.79. The molecule has 0 aliphatic rings. The van der Waals surface area contributed by atoms with Crippen LogP contribution >= 0.6 is 0 Å². The zero-order valence-corrected chi connectivity index (χ0v) is 14.3. The highest BCUT2D eigenvalue weighted by atomic mass is 19.1. The molecule has 0 radical (unpaired) electrons. The fraction of sp³-hybridized carbons (Fsp3) is 0.0476. The van der Waals surface area contributed by atoms with Crippen LogP contribution < -0.4 is 10.6 Å². The lowest BCUT2D eigenvalue weighted by atomic mass is 10.2. The summed E-state index contributed by atoms with van der Waals surface area (Å²) >= 11 is 0. The summed E-state index contributed by atoms with van der Waals surface area (Å²) in [5, 5.41) is 5.18.